The van der Waals surface area contributed by atoms with E-state index in [4.69, 9.17) is 15.3 Å². The molecule has 0 aromatic heterocycles. The first kappa shape index (κ1) is 66.6. The van der Waals surface area contributed by atoms with Gasteiger partial charge in [-0.2, -0.15) is 0 Å². The molecule has 362 valence electrons. The number of unbranched alkanes of at least 4 members (excludes halogenated alkanes) is 33. The van der Waals surface area contributed by atoms with Crippen molar-refractivity contribution in [1.29, 1.82) is 0 Å². The summed E-state index contributed by atoms with van der Waals surface area (Å²) < 4.78 is 0. The van der Waals surface area contributed by atoms with Crippen LogP contribution in [-0.4, -0.2) is 33.2 Å². The zero-order chi connectivity index (χ0) is 44.7. The molecule has 61 heavy (non-hydrogen) atoms. The zero-order valence-electron chi connectivity index (χ0n) is 40.6. The van der Waals surface area contributed by atoms with Gasteiger partial charge in [0.25, 0.3) is 0 Å². The first-order valence-corrected chi connectivity index (χ1v) is 25.9. The van der Waals surface area contributed by atoms with Crippen LogP contribution in [0.3, 0.4) is 0 Å². The molecular formula is C54H102GdO6. The molecule has 0 spiro atoms. The molecule has 0 bridgehead atoms. The zero-order valence-corrected chi connectivity index (χ0v) is 42.9. The van der Waals surface area contributed by atoms with E-state index in [-0.39, 0.29) is 39.9 Å². The van der Waals surface area contributed by atoms with Gasteiger partial charge in [-0.15, -0.1) is 0 Å². The van der Waals surface area contributed by atoms with E-state index in [1.54, 1.807) is 0 Å². The fourth-order valence-corrected chi connectivity index (χ4v) is 7.04. The fraction of sp³-hybridized carbons (Fsp3) is 0.833. The molecule has 0 rings (SSSR count). The van der Waals surface area contributed by atoms with Crippen molar-refractivity contribution in [3.05, 3.63) is 36.5 Å². The fourth-order valence-electron chi connectivity index (χ4n) is 7.04. The Morgan fingerprint density at radius 3 is 0.574 bits per heavy atom. The smallest absolute Gasteiger partial charge is 0.303 e. The van der Waals surface area contributed by atoms with Crippen molar-refractivity contribution >= 4 is 17.9 Å². The van der Waals surface area contributed by atoms with E-state index >= 15 is 0 Å². The summed E-state index contributed by atoms with van der Waals surface area (Å²) in [5.74, 6) is -1.98. The Morgan fingerprint density at radius 1 is 0.262 bits per heavy atom. The number of carboxylic acid groups (broad SMARTS) is 3. The molecule has 0 fully saturated rings. The Kier molecular flexibility index (Phi) is 69.0. The van der Waals surface area contributed by atoms with Gasteiger partial charge in [-0.25, -0.2) is 0 Å². The van der Waals surface area contributed by atoms with E-state index in [1.807, 2.05) is 0 Å². The summed E-state index contributed by atoms with van der Waals surface area (Å²) >= 11 is 0. The second-order valence-electron chi connectivity index (χ2n) is 17.2. The molecule has 0 saturated carbocycles. The number of hydrogen-bond donors (Lipinski definition) is 3. The third kappa shape index (κ3) is 76.6. The van der Waals surface area contributed by atoms with Gasteiger partial charge in [-0.3, -0.25) is 14.4 Å². The van der Waals surface area contributed by atoms with Gasteiger partial charge in [0.2, 0.25) is 0 Å². The molecule has 3 N–H and O–H groups in total. The predicted octanol–water partition coefficient (Wildman–Crippen LogP) is 18.3. The van der Waals surface area contributed by atoms with Gasteiger partial charge >= 0.3 is 17.9 Å². The van der Waals surface area contributed by atoms with E-state index in [0.29, 0.717) is 19.3 Å². The number of carbonyl (C=O) groups is 3. The van der Waals surface area contributed by atoms with Crippen LogP contribution in [0.2, 0.25) is 0 Å². The van der Waals surface area contributed by atoms with Gasteiger partial charge in [0.1, 0.15) is 0 Å². The summed E-state index contributed by atoms with van der Waals surface area (Å²) in [4.78, 5) is 31.0. The average Bonchev–Trinajstić information content (AvgIpc) is 3.22. The second-order valence-corrected chi connectivity index (χ2v) is 17.2. The summed E-state index contributed by atoms with van der Waals surface area (Å²) in [6, 6.07) is 0. The van der Waals surface area contributed by atoms with Crippen molar-refractivity contribution in [2.45, 2.75) is 290 Å². The molecule has 0 radical (unpaired) electrons. The summed E-state index contributed by atoms with van der Waals surface area (Å²) in [5, 5.41) is 25.5. The minimum Gasteiger partial charge on any atom is -0.481 e. The van der Waals surface area contributed by atoms with Crippen LogP contribution in [0.1, 0.15) is 290 Å². The molecule has 0 aliphatic heterocycles. The van der Waals surface area contributed by atoms with E-state index in [9.17, 15) is 14.4 Å². The van der Waals surface area contributed by atoms with Gasteiger partial charge in [-0.1, -0.05) is 211 Å². The Morgan fingerprint density at radius 2 is 0.410 bits per heavy atom. The Hall–Kier alpha value is -1.05. The summed E-state index contributed by atoms with van der Waals surface area (Å²) in [7, 11) is 0. The molecule has 0 amide bonds. The first-order chi connectivity index (χ1) is 29.3. The van der Waals surface area contributed by atoms with Crippen LogP contribution < -0.4 is 0 Å². The summed E-state index contributed by atoms with van der Waals surface area (Å²) in [5.41, 5.74) is 0. The van der Waals surface area contributed by atoms with E-state index in [2.05, 4.69) is 57.2 Å². The Labute approximate surface area is 411 Å². The molecule has 0 heterocycles. The van der Waals surface area contributed by atoms with E-state index < -0.39 is 17.9 Å². The second kappa shape index (κ2) is 63.2. The molecule has 0 aliphatic carbocycles. The van der Waals surface area contributed by atoms with Gasteiger partial charge in [0.15, 0.2) is 0 Å². The van der Waals surface area contributed by atoms with Gasteiger partial charge in [-0.05, 0) is 96.3 Å². The number of hydrogen-bond acceptors (Lipinski definition) is 3. The van der Waals surface area contributed by atoms with Crippen molar-refractivity contribution in [3.63, 3.8) is 0 Å². The molecule has 0 atom stereocenters. The summed E-state index contributed by atoms with van der Waals surface area (Å²) in [6.07, 6.45) is 63.7. The maximum Gasteiger partial charge on any atom is 0.303 e. The molecule has 0 unspecified atom stereocenters. The maximum absolute atomic E-state index is 10.3. The molecule has 6 nitrogen and oxygen atoms in total. The first-order valence-electron chi connectivity index (χ1n) is 25.9. The van der Waals surface area contributed by atoms with Crippen LogP contribution in [0.4, 0.5) is 0 Å². The number of allylic oxidation sites excluding steroid dienone is 6. The van der Waals surface area contributed by atoms with Gasteiger partial charge < -0.3 is 15.3 Å². The van der Waals surface area contributed by atoms with Crippen LogP contribution in [0.5, 0.6) is 0 Å². The van der Waals surface area contributed by atoms with Crippen LogP contribution >= 0.6 is 0 Å². The monoisotopic (exact) mass is 1000 g/mol. The maximum atomic E-state index is 10.3. The van der Waals surface area contributed by atoms with Crippen molar-refractivity contribution in [2.75, 3.05) is 0 Å². The van der Waals surface area contributed by atoms with Crippen molar-refractivity contribution in [1.82, 2.24) is 0 Å². The normalized spacial score (nSPS) is 11.1. The minimum absolute atomic E-state index is 0. The van der Waals surface area contributed by atoms with Crippen LogP contribution in [0.15, 0.2) is 36.5 Å². The Bertz CT molecular complexity index is 827. The molecule has 7 heteroatoms. The SMILES string of the molecule is CCCCCC/C=C\CCCCCCCCCC(=O)O.CCCCCC/C=C\CCCCCCCCCC(=O)O.CCCCCC/C=C\CCCCCCCCCC(=O)O.[Gd]. The summed E-state index contributed by atoms with van der Waals surface area (Å²) in [6.45, 7) is 6.76. The molecule has 0 saturated heterocycles. The van der Waals surface area contributed by atoms with Crippen molar-refractivity contribution in [3.8, 4) is 0 Å². The predicted molar refractivity (Wildman–Crippen MR) is 261 cm³/mol. The van der Waals surface area contributed by atoms with Crippen molar-refractivity contribution in [2.24, 2.45) is 0 Å². The van der Waals surface area contributed by atoms with Crippen LogP contribution in [-0.2, 0) is 14.4 Å². The Balaban J connectivity index is -0.000000396. The molecule has 0 aromatic rings. The minimum atomic E-state index is -0.661. The van der Waals surface area contributed by atoms with Gasteiger partial charge in [0.05, 0.1) is 0 Å². The third-order valence-electron chi connectivity index (χ3n) is 11.0. The van der Waals surface area contributed by atoms with Gasteiger partial charge in [0, 0.05) is 59.2 Å². The largest absolute Gasteiger partial charge is 0.481 e. The topological polar surface area (TPSA) is 112 Å². The molecule has 0 aromatic carbocycles. The molecular weight excluding hydrogens is 902 g/mol. The van der Waals surface area contributed by atoms with Crippen molar-refractivity contribution < 1.29 is 69.6 Å². The third-order valence-corrected chi connectivity index (χ3v) is 11.0. The average molecular weight is 1000 g/mol. The van der Waals surface area contributed by atoms with E-state index in [0.717, 1.165) is 38.5 Å². The number of aliphatic carboxylic acids is 3. The number of rotatable bonds is 45. The molecule has 0 aliphatic rings. The van der Waals surface area contributed by atoms with Crippen LogP contribution in [0.25, 0.3) is 0 Å². The van der Waals surface area contributed by atoms with Crippen LogP contribution in [0, 0.1) is 39.9 Å². The standard InChI is InChI=1S/3C18H34O2.Gd/c3*1-2-3-4-5-6-7-8-9-10-11-12-13-14-15-16-17-18(19)20;/h3*7-8H,2-6,9-17H2,1H3,(H,19,20);/b3*8-7-;. The van der Waals surface area contributed by atoms with E-state index in [1.165, 1.54) is 212 Å². The quantitative estimate of drug-likeness (QED) is 0.0414. The number of carboxylic acids is 3.